The van der Waals surface area contributed by atoms with Gasteiger partial charge in [0.05, 0.1) is 18.8 Å². The van der Waals surface area contributed by atoms with Crippen LogP contribution in [0.15, 0.2) is 29.1 Å². The molecule has 0 bridgehead atoms. The first-order valence-electron chi connectivity index (χ1n) is 8.21. The number of fused-ring (bicyclic) bond motifs is 1. The summed E-state index contributed by atoms with van der Waals surface area (Å²) in [7, 11) is 0. The molecule has 2 aromatic rings. The summed E-state index contributed by atoms with van der Waals surface area (Å²) in [5, 5.41) is 1.000. The fourth-order valence-electron chi connectivity index (χ4n) is 3.26. The molecule has 0 unspecified atom stereocenters. The lowest BCUT2D eigenvalue weighted by Gasteiger charge is -2.35. The topological polar surface area (TPSA) is 54.6 Å². The monoisotopic (exact) mass is 316 g/mol. The Kier molecular flexibility index (Phi) is 4.68. The number of ether oxygens (including phenoxy) is 2. The lowest BCUT2D eigenvalue weighted by atomic mass is 10.1. The van der Waals surface area contributed by atoms with Crippen molar-refractivity contribution >= 4 is 10.9 Å². The molecule has 124 valence electrons. The number of nitrogens with one attached hydrogen (secondary N) is 1. The van der Waals surface area contributed by atoms with Crippen molar-refractivity contribution in [2.45, 2.75) is 39.5 Å². The minimum Gasteiger partial charge on any atom is -0.494 e. The third kappa shape index (κ3) is 3.74. The highest BCUT2D eigenvalue weighted by Crippen LogP contribution is 2.20. The summed E-state index contributed by atoms with van der Waals surface area (Å²) in [5.41, 5.74) is 1.60. The van der Waals surface area contributed by atoms with E-state index in [1.165, 1.54) is 0 Å². The van der Waals surface area contributed by atoms with Gasteiger partial charge in [0, 0.05) is 36.1 Å². The SMILES string of the molecule is CCOc1ccc2[nH]c(=O)c(CN3C[C@@H](C)O[C@@H](C)C3)cc2c1. The van der Waals surface area contributed by atoms with Crippen molar-refractivity contribution in [1.29, 1.82) is 0 Å². The summed E-state index contributed by atoms with van der Waals surface area (Å²) in [6, 6.07) is 7.72. The zero-order valence-corrected chi connectivity index (χ0v) is 14.0. The first kappa shape index (κ1) is 16.0. The largest absolute Gasteiger partial charge is 0.494 e. The molecule has 1 N–H and O–H groups in total. The van der Waals surface area contributed by atoms with E-state index in [1.54, 1.807) is 0 Å². The molecule has 3 rings (SSSR count). The van der Waals surface area contributed by atoms with Crippen LogP contribution in [0.3, 0.4) is 0 Å². The number of aromatic nitrogens is 1. The Morgan fingerprint density at radius 3 is 2.70 bits per heavy atom. The van der Waals surface area contributed by atoms with Gasteiger partial charge in [0.25, 0.3) is 5.56 Å². The van der Waals surface area contributed by atoms with Crippen LogP contribution in [0.4, 0.5) is 0 Å². The van der Waals surface area contributed by atoms with Crippen molar-refractivity contribution in [2.24, 2.45) is 0 Å². The highest BCUT2D eigenvalue weighted by atomic mass is 16.5. The van der Waals surface area contributed by atoms with Gasteiger partial charge in [-0.2, -0.15) is 0 Å². The Balaban J connectivity index is 1.87. The Labute approximate surface area is 136 Å². The number of morpholine rings is 1. The fourth-order valence-corrected chi connectivity index (χ4v) is 3.26. The lowest BCUT2D eigenvalue weighted by Crippen LogP contribution is -2.45. The predicted octanol–water partition coefficient (Wildman–Crippen LogP) is 2.54. The van der Waals surface area contributed by atoms with Crippen molar-refractivity contribution < 1.29 is 9.47 Å². The molecule has 1 aliphatic heterocycles. The summed E-state index contributed by atoms with van der Waals surface area (Å²) in [4.78, 5) is 17.6. The zero-order valence-electron chi connectivity index (χ0n) is 14.0. The minimum atomic E-state index is -0.0199. The first-order valence-corrected chi connectivity index (χ1v) is 8.21. The summed E-state index contributed by atoms with van der Waals surface area (Å²) in [5.74, 6) is 0.826. The third-order valence-electron chi connectivity index (χ3n) is 4.09. The number of hydrogen-bond acceptors (Lipinski definition) is 4. The summed E-state index contributed by atoms with van der Waals surface area (Å²) in [6.07, 6.45) is 0.394. The van der Waals surface area contributed by atoms with Crippen LogP contribution in [0, 0.1) is 0 Å². The quantitative estimate of drug-likeness (QED) is 0.942. The Morgan fingerprint density at radius 2 is 2.00 bits per heavy atom. The molecule has 2 atom stereocenters. The molecule has 5 heteroatoms. The van der Waals surface area contributed by atoms with Crippen LogP contribution < -0.4 is 10.3 Å². The molecule has 5 nitrogen and oxygen atoms in total. The van der Waals surface area contributed by atoms with E-state index in [4.69, 9.17) is 9.47 Å². The van der Waals surface area contributed by atoms with Crippen LogP contribution in [0.5, 0.6) is 5.75 Å². The molecule has 1 aromatic carbocycles. The van der Waals surface area contributed by atoms with Gasteiger partial charge in [-0.25, -0.2) is 0 Å². The van der Waals surface area contributed by atoms with Crippen LogP contribution in [0.25, 0.3) is 10.9 Å². The molecular weight excluding hydrogens is 292 g/mol. The van der Waals surface area contributed by atoms with Crippen molar-refractivity contribution in [3.63, 3.8) is 0 Å². The maximum absolute atomic E-state index is 12.3. The van der Waals surface area contributed by atoms with Crippen LogP contribution >= 0.6 is 0 Å². The summed E-state index contributed by atoms with van der Waals surface area (Å²) < 4.78 is 11.3. The first-order chi connectivity index (χ1) is 11.0. The van der Waals surface area contributed by atoms with Gasteiger partial charge in [0.2, 0.25) is 0 Å². The van der Waals surface area contributed by atoms with E-state index in [9.17, 15) is 4.79 Å². The molecule has 0 aliphatic carbocycles. The molecule has 0 spiro atoms. The average Bonchev–Trinajstić information content (AvgIpc) is 2.47. The molecule has 23 heavy (non-hydrogen) atoms. The third-order valence-corrected chi connectivity index (χ3v) is 4.09. The predicted molar refractivity (Wildman–Crippen MR) is 91.0 cm³/mol. The van der Waals surface area contributed by atoms with Gasteiger partial charge in [-0.15, -0.1) is 0 Å². The number of pyridine rings is 1. The minimum absolute atomic E-state index is 0.0199. The number of benzene rings is 1. The molecular formula is C18H24N2O3. The number of aromatic amines is 1. The molecule has 2 heterocycles. The maximum Gasteiger partial charge on any atom is 0.252 e. The van der Waals surface area contributed by atoms with Crippen LogP contribution in [-0.4, -0.2) is 41.8 Å². The number of nitrogens with zero attached hydrogens (tertiary/aromatic N) is 1. The zero-order chi connectivity index (χ0) is 16.4. The highest BCUT2D eigenvalue weighted by molar-refractivity contribution is 5.80. The van der Waals surface area contributed by atoms with E-state index in [0.717, 1.165) is 35.3 Å². The van der Waals surface area contributed by atoms with Crippen molar-refractivity contribution in [3.8, 4) is 5.75 Å². The van der Waals surface area contributed by atoms with Crippen molar-refractivity contribution in [2.75, 3.05) is 19.7 Å². The van der Waals surface area contributed by atoms with Gasteiger partial charge < -0.3 is 14.5 Å². The lowest BCUT2D eigenvalue weighted by molar-refractivity contribution is -0.0705. The van der Waals surface area contributed by atoms with E-state index in [2.05, 4.69) is 23.7 Å². The summed E-state index contributed by atoms with van der Waals surface area (Å²) in [6.45, 7) is 9.07. The van der Waals surface area contributed by atoms with Gasteiger partial charge in [0.1, 0.15) is 5.75 Å². The molecule has 1 fully saturated rings. The molecule has 1 aliphatic rings. The summed E-state index contributed by atoms with van der Waals surface area (Å²) >= 11 is 0. The second kappa shape index (κ2) is 6.72. The standard InChI is InChI=1S/C18H24N2O3/c1-4-22-16-5-6-17-14(8-16)7-15(18(21)19-17)11-20-9-12(2)23-13(3)10-20/h5-8,12-13H,4,9-11H2,1-3H3,(H,19,21)/t12-,13+. The van der Waals surface area contributed by atoms with Gasteiger partial charge in [0.15, 0.2) is 0 Å². The smallest absolute Gasteiger partial charge is 0.252 e. The van der Waals surface area contributed by atoms with E-state index < -0.39 is 0 Å². The Hall–Kier alpha value is -1.85. The number of hydrogen-bond donors (Lipinski definition) is 1. The molecule has 0 saturated carbocycles. The highest BCUT2D eigenvalue weighted by Gasteiger charge is 2.22. The van der Waals surface area contributed by atoms with Crippen LogP contribution in [0.1, 0.15) is 26.3 Å². The van der Waals surface area contributed by atoms with E-state index in [-0.39, 0.29) is 17.8 Å². The second-order valence-electron chi connectivity index (χ2n) is 6.26. The number of H-pyrrole nitrogens is 1. The van der Waals surface area contributed by atoms with Crippen molar-refractivity contribution in [3.05, 3.63) is 40.2 Å². The second-order valence-corrected chi connectivity index (χ2v) is 6.26. The van der Waals surface area contributed by atoms with Gasteiger partial charge in [-0.1, -0.05) is 0 Å². The molecule has 0 radical (unpaired) electrons. The van der Waals surface area contributed by atoms with E-state index in [0.29, 0.717) is 13.2 Å². The molecule has 0 amide bonds. The Morgan fingerprint density at radius 1 is 1.26 bits per heavy atom. The van der Waals surface area contributed by atoms with Crippen LogP contribution in [-0.2, 0) is 11.3 Å². The fraction of sp³-hybridized carbons (Fsp3) is 0.500. The van der Waals surface area contributed by atoms with E-state index >= 15 is 0 Å². The molecule has 1 aromatic heterocycles. The maximum atomic E-state index is 12.3. The Bertz CT molecular complexity index is 731. The van der Waals surface area contributed by atoms with Gasteiger partial charge >= 0.3 is 0 Å². The van der Waals surface area contributed by atoms with Gasteiger partial charge in [-0.3, -0.25) is 9.69 Å². The van der Waals surface area contributed by atoms with Crippen LogP contribution in [0.2, 0.25) is 0 Å². The average molecular weight is 316 g/mol. The number of rotatable bonds is 4. The normalized spacial score (nSPS) is 22.4. The van der Waals surface area contributed by atoms with E-state index in [1.807, 2.05) is 31.2 Å². The van der Waals surface area contributed by atoms with Gasteiger partial charge in [-0.05, 0) is 45.0 Å². The molecule has 1 saturated heterocycles. The van der Waals surface area contributed by atoms with Crippen molar-refractivity contribution in [1.82, 2.24) is 9.88 Å².